The molecule has 0 atom stereocenters. The van der Waals surface area contributed by atoms with Crippen molar-refractivity contribution in [3.63, 3.8) is 0 Å². The summed E-state index contributed by atoms with van der Waals surface area (Å²) in [6, 6.07) is 15.4. The predicted molar refractivity (Wildman–Crippen MR) is 88.8 cm³/mol. The van der Waals surface area contributed by atoms with Crippen LogP contribution in [0.2, 0.25) is 0 Å². The molecule has 1 aromatic heterocycles. The minimum Gasteiger partial charge on any atom is -0.465 e. The van der Waals surface area contributed by atoms with E-state index in [9.17, 15) is 4.79 Å². The number of carbonyl (C=O) groups excluding carboxylic acids is 1. The van der Waals surface area contributed by atoms with Crippen molar-refractivity contribution in [3.05, 3.63) is 54.0 Å². The third-order valence-corrected chi connectivity index (χ3v) is 3.44. The topological polar surface area (TPSA) is 60.5 Å². The molecule has 1 aromatic carbocycles. The van der Waals surface area contributed by atoms with Gasteiger partial charge in [-0.3, -0.25) is 9.69 Å². The largest absolute Gasteiger partial charge is 0.465 e. The number of amides is 1. The third-order valence-electron chi connectivity index (χ3n) is 3.44. The van der Waals surface area contributed by atoms with E-state index in [1.165, 1.54) is 0 Å². The molecule has 2 aromatic rings. The Hall–Kier alpha value is -2.58. The molecule has 0 fully saturated rings. The fraction of sp³-hybridized carbons (Fsp3) is 0.333. The van der Waals surface area contributed by atoms with Crippen LogP contribution in [-0.2, 0) is 11.3 Å². The maximum atomic E-state index is 12.6. The molecule has 0 bridgehead atoms. The average molecular weight is 311 g/mol. The Bertz CT molecular complexity index is 673. The predicted octanol–water partition coefficient (Wildman–Crippen LogP) is 2.97. The lowest BCUT2D eigenvalue weighted by atomic mass is 10.2. The molecule has 5 nitrogen and oxygen atoms in total. The van der Waals surface area contributed by atoms with Gasteiger partial charge in [-0.2, -0.15) is 5.26 Å². The fourth-order valence-electron chi connectivity index (χ4n) is 2.38. The summed E-state index contributed by atoms with van der Waals surface area (Å²) in [4.78, 5) is 16.2. The van der Waals surface area contributed by atoms with Crippen molar-refractivity contribution in [2.24, 2.45) is 0 Å². The molecular weight excluding hydrogens is 290 g/mol. The number of furan rings is 1. The molecule has 1 heterocycles. The minimum atomic E-state index is -0.0303. The number of benzene rings is 1. The van der Waals surface area contributed by atoms with Crippen LogP contribution in [0.15, 0.2) is 46.9 Å². The van der Waals surface area contributed by atoms with Crippen LogP contribution in [0.3, 0.4) is 0 Å². The molecule has 0 unspecified atom stereocenters. The average Bonchev–Trinajstić information content (AvgIpc) is 2.93. The van der Waals surface area contributed by atoms with Crippen molar-refractivity contribution in [2.45, 2.75) is 19.9 Å². The van der Waals surface area contributed by atoms with Crippen molar-refractivity contribution in [1.82, 2.24) is 4.90 Å². The quantitative estimate of drug-likeness (QED) is 0.788. The summed E-state index contributed by atoms with van der Waals surface area (Å²) in [6.07, 6.45) is 0.307. The van der Waals surface area contributed by atoms with Crippen molar-refractivity contribution >= 4 is 11.6 Å². The first-order chi connectivity index (χ1) is 11.1. The van der Waals surface area contributed by atoms with Gasteiger partial charge in [0.25, 0.3) is 0 Å². The highest BCUT2D eigenvalue weighted by atomic mass is 16.3. The Morgan fingerprint density at radius 2 is 1.96 bits per heavy atom. The first-order valence-corrected chi connectivity index (χ1v) is 7.56. The molecular formula is C18H21N3O2. The number of hydrogen-bond donors (Lipinski definition) is 0. The smallest absolute Gasteiger partial charge is 0.241 e. The van der Waals surface area contributed by atoms with Crippen molar-refractivity contribution in [3.8, 4) is 6.07 Å². The Morgan fingerprint density at radius 1 is 1.22 bits per heavy atom. The van der Waals surface area contributed by atoms with E-state index in [4.69, 9.17) is 9.68 Å². The second-order valence-electron chi connectivity index (χ2n) is 5.47. The van der Waals surface area contributed by atoms with Crippen LogP contribution in [-0.4, -0.2) is 30.9 Å². The summed E-state index contributed by atoms with van der Waals surface area (Å²) in [6.45, 7) is 3.13. The van der Waals surface area contributed by atoms with Gasteiger partial charge in [0, 0.05) is 12.2 Å². The van der Waals surface area contributed by atoms with Gasteiger partial charge in [-0.05, 0) is 38.2 Å². The molecule has 0 saturated heterocycles. The van der Waals surface area contributed by atoms with Crippen LogP contribution >= 0.6 is 0 Å². The summed E-state index contributed by atoms with van der Waals surface area (Å²) < 4.78 is 5.54. The maximum Gasteiger partial charge on any atom is 0.241 e. The lowest BCUT2D eigenvalue weighted by Gasteiger charge is -2.24. The number of nitrogens with zero attached hydrogens (tertiary/aromatic N) is 3. The molecule has 0 N–H and O–H groups in total. The summed E-state index contributed by atoms with van der Waals surface area (Å²) in [5, 5.41) is 8.81. The zero-order chi connectivity index (χ0) is 16.7. The molecule has 0 aliphatic heterocycles. The Labute approximate surface area is 136 Å². The number of hydrogen-bond acceptors (Lipinski definition) is 4. The maximum absolute atomic E-state index is 12.6. The Morgan fingerprint density at radius 3 is 2.57 bits per heavy atom. The van der Waals surface area contributed by atoms with Crippen molar-refractivity contribution < 1.29 is 9.21 Å². The molecule has 0 spiro atoms. The Kier molecular flexibility index (Phi) is 5.95. The van der Waals surface area contributed by atoms with E-state index in [1.54, 1.807) is 4.90 Å². The van der Waals surface area contributed by atoms with Gasteiger partial charge in [-0.15, -0.1) is 0 Å². The van der Waals surface area contributed by atoms with Gasteiger partial charge in [0.1, 0.15) is 11.5 Å². The summed E-state index contributed by atoms with van der Waals surface area (Å²) in [5.74, 6) is 1.66. The van der Waals surface area contributed by atoms with Gasteiger partial charge >= 0.3 is 0 Å². The number of para-hydroxylation sites is 1. The number of anilines is 1. The van der Waals surface area contributed by atoms with E-state index in [1.807, 2.05) is 61.3 Å². The van der Waals surface area contributed by atoms with Crippen LogP contribution in [0.4, 0.5) is 5.69 Å². The van der Waals surface area contributed by atoms with Gasteiger partial charge in [0.2, 0.25) is 5.91 Å². The molecule has 0 aliphatic rings. The van der Waals surface area contributed by atoms with Crippen LogP contribution < -0.4 is 4.90 Å². The van der Waals surface area contributed by atoms with Crippen LogP contribution in [0.25, 0.3) is 0 Å². The van der Waals surface area contributed by atoms with Crippen LogP contribution in [0, 0.1) is 18.3 Å². The zero-order valence-corrected chi connectivity index (χ0v) is 13.5. The molecule has 120 valence electrons. The normalized spacial score (nSPS) is 10.5. The molecule has 1 amide bonds. The second-order valence-corrected chi connectivity index (χ2v) is 5.47. The zero-order valence-electron chi connectivity index (χ0n) is 13.5. The number of carbonyl (C=O) groups is 1. The molecule has 2 rings (SSSR count). The summed E-state index contributed by atoms with van der Waals surface area (Å²) >= 11 is 0. The van der Waals surface area contributed by atoms with E-state index >= 15 is 0 Å². The lowest BCUT2D eigenvalue weighted by Crippen LogP contribution is -2.39. The highest BCUT2D eigenvalue weighted by molar-refractivity contribution is 5.94. The fourth-order valence-corrected chi connectivity index (χ4v) is 2.38. The first-order valence-electron chi connectivity index (χ1n) is 7.56. The highest BCUT2D eigenvalue weighted by Crippen LogP contribution is 2.15. The standard InChI is InChI=1S/C18H21N3O2/c1-15-9-10-17(23-15)13-20(2)14-18(22)21(12-6-11-19)16-7-4-3-5-8-16/h3-5,7-10H,6,12-14H2,1-2H3. The van der Waals surface area contributed by atoms with Crippen molar-refractivity contribution in [2.75, 3.05) is 25.0 Å². The minimum absolute atomic E-state index is 0.0303. The first kappa shape index (κ1) is 16.8. The molecule has 5 heteroatoms. The summed E-state index contributed by atoms with van der Waals surface area (Å²) in [7, 11) is 1.88. The SMILES string of the molecule is Cc1ccc(CN(C)CC(=O)N(CCC#N)c2ccccc2)o1. The number of likely N-dealkylation sites (N-methyl/N-ethyl adjacent to an activating group) is 1. The van der Waals surface area contributed by atoms with Crippen LogP contribution in [0.5, 0.6) is 0 Å². The van der Waals surface area contributed by atoms with E-state index in [0.717, 1.165) is 17.2 Å². The number of aryl methyl sites for hydroxylation is 1. The number of nitriles is 1. The molecule has 0 aliphatic carbocycles. The monoisotopic (exact) mass is 311 g/mol. The molecule has 0 saturated carbocycles. The van der Waals surface area contributed by atoms with Gasteiger partial charge in [-0.25, -0.2) is 0 Å². The van der Waals surface area contributed by atoms with Gasteiger partial charge in [0.05, 0.1) is 25.6 Å². The van der Waals surface area contributed by atoms with E-state index in [0.29, 0.717) is 19.5 Å². The lowest BCUT2D eigenvalue weighted by molar-refractivity contribution is -0.119. The third kappa shape index (κ3) is 4.97. The van der Waals surface area contributed by atoms with E-state index in [-0.39, 0.29) is 12.5 Å². The van der Waals surface area contributed by atoms with Gasteiger partial charge in [-0.1, -0.05) is 18.2 Å². The number of rotatable bonds is 7. The van der Waals surface area contributed by atoms with Gasteiger partial charge in [0.15, 0.2) is 0 Å². The summed E-state index contributed by atoms with van der Waals surface area (Å²) in [5.41, 5.74) is 0.815. The van der Waals surface area contributed by atoms with Crippen molar-refractivity contribution in [1.29, 1.82) is 5.26 Å². The molecule has 23 heavy (non-hydrogen) atoms. The second kappa shape index (κ2) is 8.16. The van der Waals surface area contributed by atoms with Crippen LogP contribution in [0.1, 0.15) is 17.9 Å². The van der Waals surface area contributed by atoms with E-state index < -0.39 is 0 Å². The van der Waals surface area contributed by atoms with E-state index in [2.05, 4.69) is 6.07 Å². The molecule has 0 radical (unpaired) electrons. The Balaban J connectivity index is 2.01. The highest BCUT2D eigenvalue weighted by Gasteiger charge is 2.17. The van der Waals surface area contributed by atoms with Gasteiger partial charge < -0.3 is 9.32 Å².